The second kappa shape index (κ2) is 8.84. The molecule has 6 nitrogen and oxygen atoms in total. The number of ether oxygens (including phenoxy) is 1. The van der Waals surface area contributed by atoms with E-state index in [-0.39, 0.29) is 4.90 Å². The summed E-state index contributed by atoms with van der Waals surface area (Å²) in [6, 6.07) is 13.8. The van der Waals surface area contributed by atoms with E-state index in [1.165, 1.54) is 12.1 Å². The van der Waals surface area contributed by atoms with E-state index in [1.54, 1.807) is 12.1 Å². The number of nitrogen functional groups attached to an aromatic ring is 1. The topological polar surface area (TPSA) is 84.7 Å². The third-order valence-corrected chi connectivity index (χ3v) is 5.12. The number of hydrogen-bond acceptors (Lipinski definition) is 5. The summed E-state index contributed by atoms with van der Waals surface area (Å²) in [4.78, 5) is 2.25. The molecule has 2 aromatic rings. The Labute approximate surface area is 149 Å². The minimum Gasteiger partial charge on any atom is -0.492 e. The normalized spacial score (nSPS) is 11.6. The van der Waals surface area contributed by atoms with Crippen LogP contribution in [0.1, 0.15) is 5.56 Å². The average Bonchev–Trinajstić information content (AvgIpc) is 2.56. The highest BCUT2D eigenvalue weighted by Gasteiger charge is 2.13. The van der Waals surface area contributed by atoms with Crippen LogP contribution < -0.4 is 15.2 Å². The Morgan fingerprint density at radius 2 is 1.76 bits per heavy atom. The number of sulfonamides is 1. The molecule has 2 rings (SSSR count). The Kier molecular flexibility index (Phi) is 6.81. The molecule has 0 bridgehead atoms. The molecule has 0 aliphatic carbocycles. The van der Waals surface area contributed by atoms with E-state index in [2.05, 4.69) is 4.72 Å². The zero-order valence-corrected chi connectivity index (χ0v) is 15.4. The van der Waals surface area contributed by atoms with Gasteiger partial charge in [-0.05, 0) is 56.4 Å². The molecule has 0 aromatic heterocycles. The van der Waals surface area contributed by atoms with Gasteiger partial charge < -0.3 is 15.4 Å². The van der Waals surface area contributed by atoms with Crippen molar-refractivity contribution >= 4 is 15.7 Å². The number of nitrogens with one attached hydrogen (secondary N) is 1. The van der Waals surface area contributed by atoms with Crippen LogP contribution in [0.15, 0.2) is 53.4 Å². The lowest BCUT2D eigenvalue weighted by molar-refractivity contribution is 0.259. The molecule has 0 fully saturated rings. The van der Waals surface area contributed by atoms with Crippen molar-refractivity contribution < 1.29 is 13.2 Å². The minimum atomic E-state index is -3.54. The molecule has 0 atom stereocenters. The van der Waals surface area contributed by atoms with E-state index in [4.69, 9.17) is 10.5 Å². The summed E-state index contributed by atoms with van der Waals surface area (Å²) < 4.78 is 33.0. The molecule has 2 aromatic carbocycles. The summed E-state index contributed by atoms with van der Waals surface area (Å²) in [7, 11) is 0.433. The standard InChI is InChI=1S/C18H25N3O3S/c1-21(2)13-14-24-18-6-4-3-5-15(18)11-12-20-25(22,23)17-9-7-16(19)8-10-17/h3-10,20H,11-14,19H2,1-2H3. The van der Waals surface area contributed by atoms with Crippen LogP contribution >= 0.6 is 0 Å². The van der Waals surface area contributed by atoms with Crippen molar-refractivity contribution in [3.05, 3.63) is 54.1 Å². The van der Waals surface area contributed by atoms with Gasteiger partial charge in [0.2, 0.25) is 10.0 Å². The summed E-state index contributed by atoms with van der Waals surface area (Å²) in [5.41, 5.74) is 7.09. The molecule has 136 valence electrons. The average molecular weight is 363 g/mol. The van der Waals surface area contributed by atoms with Crippen LogP contribution in [0.4, 0.5) is 5.69 Å². The van der Waals surface area contributed by atoms with Gasteiger partial charge in [-0.3, -0.25) is 0 Å². The Hall–Kier alpha value is -2.09. The van der Waals surface area contributed by atoms with Gasteiger partial charge in [-0.25, -0.2) is 13.1 Å². The van der Waals surface area contributed by atoms with E-state index in [0.717, 1.165) is 17.9 Å². The largest absolute Gasteiger partial charge is 0.492 e. The zero-order chi connectivity index (χ0) is 18.3. The van der Waals surface area contributed by atoms with Crippen LogP contribution in [0.25, 0.3) is 0 Å². The molecule has 0 saturated heterocycles. The zero-order valence-electron chi connectivity index (χ0n) is 14.6. The maximum absolute atomic E-state index is 12.3. The second-order valence-corrected chi connectivity index (χ2v) is 7.74. The number of anilines is 1. The van der Waals surface area contributed by atoms with E-state index < -0.39 is 10.0 Å². The number of rotatable bonds is 9. The predicted molar refractivity (Wildman–Crippen MR) is 100 cm³/mol. The third-order valence-electron chi connectivity index (χ3n) is 3.65. The molecule has 0 spiro atoms. The van der Waals surface area contributed by atoms with Gasteiger partial charge in [0.05, 0.1) is 4.90 Å². The first-order chi connectivity index (χ1) is 11.9. The van der Waals surface area contributed by atoms with Gasteiger partial charge in [0.1, 0.15) is 12.4 Å². The summed E-state index contributed by atoms with van der Waals surface area (Å²) in [5.74, 6) is 0.788. The van der Waals surface area contributed by atoms with Crippen molar-refractivity contribution in [3.8, 4) is 5.75 Å². The third kappa shape index (κ3) is 6.04. The molecule has 0 aliphatic heterocycles. The highest BCUT2D eigenvalue weighted by molar-refractivity contribution is 7.89. The number of likely N-dealkylation sites (N-methyl/N-ethyl adjacent to an activating group) is 1. The number of benzene rings is 2. The van der Waals surface area contributed by atoms with E-state index in [0.29, 0.717) is 25.3 Å². The number of para-hydroxylation sites is 1. The molecule has 0 amide bonds. The highest BCUT2D eigenvalue weighted by atomic mass is 32.2. The van der Waals surface area contributed by atoms with E-state index >= 15 is 0 Å². The maximum atomic E-state index is 12.3. The Balaban J connectivity index is 1.94. The molecule has 7 heteroatoms. The fraction of sp³-hybridized carbons (Fsp3) is 0.333. The molecule has 0 radical (unpaired) electrons. The van der Waals surface area contributed by atoms with Crippen LogP contribution in [0.2, 0.25) is 0 Å². The van der Waals surface area contributed by atoms with E-state index in [1.807, 2.05) is 43.3 Å². The number of nitrogens with two attached hydrogens (primary N) is 1. The lowest BCUT2D eigenvalue weighted by atomic mass is 10.1. The smallest absolute Gasteiger partial charge is 0.240 e. The number of nitrogens with zero attached hydrogens (tertiary/aromatic N) is 1. The fourth-order valence-electron chi connectivity index (χ4n) is 2.24. The first-order valence-corrected chi connectivity index (χ1v) is 9.57. The van der Waals surface area contributed by atoms with Gasteiger partial charge in [-0.1, -0.05) is 18.2 Å². The van der Waals surface area contributed by atoms with Gasteiger partial charge >= 0.3 is 0 Å². The van der Waals surface area contributed by atoms with Gasteiger partial charge in [0, 0.05) is 18.8 Å². The van der Waals surface area contributed by atoms with Crippen molar-refractivity contribution in [3.63, 3.8) is 0 Å². The van der Waals surface area contributed by atoms with Crippen LogP contribution in [0.3, 0.4) is 0 Å². The summed E-state index contributed by atoms with van der Waals surface area (Å²) in [6.45, 7) is 1.69. The van der Waals surface area contributed by atoms with Crippen molar-refractivity contribution in [1.82, 2.24) is 9.62 Å². The van der Waals surface area contributed by atoms with Crippen LogP contribution in [-0.4, -0.2) is 47.1 Å². The molecule has 0 saturated carbocycles. The summed E-state index contributed by atoms with van der Waals surface area (Å²) in [5, 5.41) is 0. The lowest BCUT2D eigenvalue weighted by Crippen LogP contribution is -2.26. The van der Waals surface area contributed by atoms with Gasteiger partial charge in [-0.15, -0.1) is 0 Å². The maximum Gasteiger partial charge on any atom is 0.240 e. The molecule has 0 aliphatic rings. The molecular formula is C18H25N3O3S. The Morgan fingerprint density at radius 1 is 1.08 bits per heavy atom. The highest BCUT2D eigenvalue weighted by Crippen LogP contribution is 2.18. The van der Waals surface area contributed by atoms with Crippen molar-refractivity contribution in [2.24, 2.45) is 0 Å². The Morgan fingerprint density at radius 3 is 2.44 bits per heavy atom. The molecule has 0 heterocycles. The lowest BCUT2D eigenvalue weighted by Gasteiger charge is -2.14. The molecule has 3 N–H and O–H groups in total. The minimum absolute atomic E-state index is 0.206. The fourth-order valence-corrected chi connectivity index (χ4v) is 3.27. The van der Waals surface area contributed by atoms with Crippen molar-refractivity contribution in [2.75, 3.05) is 39.5 Å². The van der Waals surface area contributed by atoms with Gasteiger partial charge in [-0.2, -0.15) is 0 Å². The van der Waals surface area contributed by atoms with Crippen LogP contribution in [0, 0.1) is 0 Å². The van der Waals surface area contributed by atoms with Crippen LogP contribution in [-0.2, 0) is 16.4 Å². The quantitative estimate of drug-likeness (QED) is 0.663. The van der Waals surface area contributed by atoms with Crippen LogP contribution in [0.5, 0.6) is 5.75 Å². The van der Waals surface area contributed by atoms with Gasteiger partial charge in [0.25, 0.3) is 0 Å². The van der Waals surface area contributed by atoms with Crippen molar-refractivity contribution in [2.45, 2.75) is 11.3 Å². The molecule has 0 unspecified atom stereocenters. The Bertz CT molecular complexity index is 774. The predicted octanol–water partition coefficient (Wildman–Crippen LogP) is 1.73. The summed E-state index contributed by atoms with van der Waals surface area (Å²) in [6.07, 6.45) is 0.548. The number of hydrogen-bond donors (Lipinski definition) is 2. The first kappa shape index (κ1) is 19.2. The van der Waals surface area contributed by atoms with E-state index in [9.17, 15) is 8.42 Å². The first-order valence-electron chi connectivity index (χ1n) is 8.09. The molecule has 25 heavy (non-hydrogen) atoms. The van der Waals surface area contributed by atoms with Crippen molar-refractivity contribution in [1.29, 1.82) is 0 Å². The molecular weight excluding hydrogens is 338 g/mol. The van der Waals surface area contributed by atoms with Gasteiger partial charge in [0.15, 0.2) is 0 Å². The summed E-state index contributed by atoms with van der Waals surface area (Å²) >= 11 is 0. The SMILES string of the molecule is CN(C)CCOc1ccccc1CCNS(=O)(=O)c1ccc(N)cc1. The monoisotopic (exact) mass is 363 g/mol. The second-order valence-electron chi connectivity index (χ2n) is 5.98.